The molecule has 5 rings (SSSR count). The number of rotatable bonds is 3. The van der Waals surface area contributed by atoms with Gasteiger partial charge in [0.25, 0.3) is 5.56 Å². The highest BCUT2D eigenvalue weighted by Gasteiger charge is 2.27. The van der Waals surface area contributed by atoms with E-state index in [2.05, 4.69) is 25.3 Å². The molecule has 0 aromatic carbocycles. The van der Waals surface area contributed by atoms with Gasteiger partial charge in [0.05, 0.1) is 6.20 Å². The van der Waals surface area contributed by atoms with Crippen molar-refractivity contribution in [3.63, 3.8) is 0 Å². The molecule has 0 unspecified atom stereocenters. The van der Waals surface area contributed by atoms with Gasteiger partial charge in [-0.15, -0.1) is 15.3 Å². The molecule has 1 saturated heterocycles. The van der Waals surface area contributed by atoms with E-state index in [4.69, 9.17) is 4.98 Å². The third-order valence-electron chi connectivity index (χ3n) is 5.82. The molecule has 5 heterocycles. The first-order valence-electron chi connectivity index (χ1n) is 9.97. The van der Waals surface area contributed by atoms with Crippen LogP contribution >= 0.6 is 0 Å². The van der Waals surface area contributed by atoms with Crippen LogP contribution in [0.2, 0.25) is 0 Å². The van der Waals surface area contributed by atoms with E-state index in [1.54, 1.807) is 29.5 Å². The van der Waals surface area contributed by atoms with Gasteiger partial charge < -0.3 is 9.80 Å². The molecule has 0 atom stereocenters. The summed E-state index contributed by atoms with van der Waals surface area (Å²) in [6.07, 6.45) is 3.34. The minimum atomic E-state index is -0.0749. The van der Waals surface area contributed by atoms with Crippen LogP contribution in [0.15, 0.2) is 23.1 Å². The van der Waals surface area contributed by atoms with E-state index in [-0.39, 0.29) is 11.5 Å². The molecule has 0 aliphatic carbocycles. The van der Waals surface area contributed by atoms with Crippen molar-refractivity contribution in [2.75, 3.05) is 37.0 Å². The maximum absolute atomic E-state index is 12.7. The number of anilines is 2. The fourth-order valence-electron chi connectivity index (χ4n) is 4.07. The Morgan fingerprint density at radius 2 is 1.87 bits per heavy atom. The monoisotopic (exact) mass is 408 g/mol. The summed E-state index contributed by atoms with van der Waals surface area (Å²) in [5.41, 5.74) is 1.29. The summed E-state index contributed by atoms with van der Waals surface area (Å²) in [5, 5.41) is 18.1. The van der Waals surface area contributed by atoms with Gasteiger partial charge >= 0.3 is 0 Å². The van der Waals surface area contributed by atoms with Crippen LogP contribution in [0.25, 0.3) is 16.7 Å². The van der Waals surface area contributed by atoms with Crippen molar-refractivity contribution >= 4 is 28.4 Å². The van der Waals surface area contributed by atoms with Crippen molar-refractivity contribution in [2.24, 2.45) is 14.1 Å². The van der Waals surface area contributed by atoms with Crippen molar-refractivity contribution in [1.29, 1.82) is 0 Å². The Labute approximate surface area is 172 Å². The quantitative estimate of drug-likeness (QED) is 0.484. The van der Waals surface area contributed by atoms with Crippen molar-refractivity contribution in [3.8, 4) is 0 Å². The van der Waals surface area contributed by atoms with Crippen LogP contribution in [-0.2, 0) is 14.1 Å². The molecule has 1 fully saturated rings. The molecule has 0 N–H and O–H groups in total. The minimum Gasteiger partial charge on any atom is -0.361 e. The van der Waals surface area contributed by atoms with Crippen molar-refractivity contribution in [2.45, 2.75) is 18.8 Å². The van der Waals surface area contributed by atoms with Crippen LogP contribution in [-0.4, -0.2) is 66.3 Å². The molecule has 1 aliphatic heterocycles. The first-order valence-corrected chi connectivity index (χ1v) is 9.97. The highest BCUT2D eigenvalue weighted by atomic mass is 16.1. The molecule has 0 spiro atoms. The number of piperidine rings is 1. The molecule has 30 heavy (non-hydrogen) atoms. The topological polar surface area (TPSA) is 102 Å². The Morgan fingerprint density at radius 3 is 2.60 bits per heavy atom. The second-order valence-electron chi connectivity index (χ2n) is 7.96. The van der Waals surface area contributed by atoms with Crippen molar-refractivity contribution in [1.82, 2.24) is 39.1 Å². The lowest BCUT2D eigenvalue weighted by atomic mass is 9.96. The van der Waals surface area contributed by atoms with Gasteiger partial charge in [0, 0.05) is 47.2 Å². The lowest BCUT2D eigenvalue weighted by Gasteiger charge is -2.32. The van der Waals surface area contributed by atoms with Crippen LogP contribution in [0.1, 0.15) is 24.6 Å². The van der Waals surface area contributed by atoms with Crippen LogP contribution in [0.5, 0.6) is 0 Å². The van der Waals surface area contributed by atoms with Gasteiger partial charge in [-0.05, 0) is 25.0 Å². The SMILES string of the molecule is CN(C)c1ccc2nnc(C3CCN(c4nc5c(cnn5C)c(=O)n4C)CC3)n2n1. The molecule has 156 valence electrons. The predicted molar refractivity (Wildman–Crippen MR) is 113 cm³/mol. The molecule has 0 saturated carbocycles. The largest absolute Gasteiger partial charge is 0.361 e. The summed E-state index contributed by atoms with van der Waals surface area (Å²) in [5.74, 6) is 2.68. The number of fused-ring (bicyclic) bond motifs is 2. The Bertz CT molecular complexity index is 1290. The Kier molecular flexibility index (Phi) is 4.19. The highest BCUT2D eigenvalue weighted by Crippen LogP contribution is 2.29. The number of hydrogen-bond acceptors (Lipinski definition) is 8. The minimum absolute atomic E-state index is 0.0749. The summed E-state index contributed by atoms with van der Waals surface area (Å²) < 4.78 is 5.11. The van der Waals surface area contributed by atoms with E-state index in [1.165, 1.54) is 0 Å². The smallest absolute Gasteiger partial charge is 0.265 e. The van der Waals surface area contributed by atoms with Crippen LogP contribution in [0.3, 0.4) is 0 Å². The van der Waals surface area contributed by atoms with Crippen LogP contribution in [0.4, 0.5) is 11.8 Å². The normalized spacial score (nSPS) is 15.4. The molecule has 0 radical (unpaired) electrons. The van der Waals surface area contributed by atoms with E-state index >= 15 is 0 Å². The molecule has 4 aromatic heterocycles. The van der Waals surface area contributed by atoms with E-state index < -0.39 is 0 Å². The lowest BCUT2D eigenvalue weighted by molar-refractivity contribution is 0.468. The molecular weight excluding hydrogens is 384 g/mol. The second kappa shape index (κ2) is 6.78. The third-order valence-corrected chi connectivity index (χ3v) is 5.82. The lowest BCUT2D eigenvalue weighted by Crippen LogP contribution is -2.38. The number of hydrogen-bond donors (Lipinski definition) is 0. The predicted octanol–water partition coefficient (Wildman–Crippen LogP) is 0.555. The van der Waals surface area contributed by atoms with Crippen molar-refractivity contribution < 1.29 is 0 Å². The van der Waals surface area contributed by atoms with Gasteiger partial charge in [-0.25, -0.2) is 0 Å². The summed E-state index contributed by atoms with van der Waals surface area (Å²) in [4.78, 5) is 21.5. The van der Waals surface area contributed by atoms with E-state index in [1.807, 2.05) is 35.6 Å². The molecular formula is C19H24N10O. The standard InChI is InChI=1S/C19H24N10O/c1-25(2)15-6-5-14-22-23-16(29(14)24-15)12-7-9-28(10-8-12)19-21-17-13(11-20-27(17)4)18(30)26(19)3/h5-6,11-12H,7-10H2,1-4H3. The fraction of sp³-hybridized carbons (Fsp3) is 0.474. The van der Waals surface area contributed by atoms with E-state index in [0.29, 0.717) is 17.0 Å². The average molecular weight is 408 g/mol. The maximum atomic E-state index is 12.7. The van der Waals surface area contributed by atoms with Crippen LogP contribution in [0, 0.1) is 0 Å². The van der Waals surface area contributed by atoms with Crippen molar-refractivity contribution in [3.05, 3.63) is 34.5 Å². The molecule has 11 heteroatoms. The summed E-state index contributed by atoms with van der Waals surface area (Å²) in [6.45, 7) is 1.55. The molecule has 0 bridgehead atoms. The van der Waals surface area contributed by atoms with Gasteiger partial charge in [-0.3, -0.25) is 14.0 Å². The summed E-state index contributed by atoms with van der Waals surface area (Å²) in [7, 11) is 7.50. The molecule has 1 aliphatic rings. The third kappa shape index (κ3) is 2.80. The van der Waals surface area contributed by atoms with Gasteiger partial charge in [0.15, 0.2) is 17.1 Å². The van der Waals surface area contributed by atoms with E-state index in [9.17, 15) is 4.79 Å². The first-order chi connectivity index (χ1) is 14.4. The zero-order valence-corrected chi connectivity index (χ0v) is 17.5. The zero-order chi connectivity index (χ0) is 21.0. The summed E-state index contributed by atoms with van der Waals surface area (Å²) in [6, 6.07) is 3.88. The van der Waals surface area contributed by atoms with Gasteiger partial charge in [-0.2, -0.15) is 14.6 Å². The molecule has 11 nitrogen and oxygen atoms in total. The van der Waals surface area contributed by atoms with E-state index in [0.717, 1.165) is 43.2 Å². The van der Waals surface area contributed by atoms with Gasteiger partial charge in [0.1, 0.15) is 11.2 Å². The number of aryl methyl sites for hydroxylation is 1. The number of nitrogens with zero attached hydrogens (tertiary/aromatic N) is 10. The Hall–Kier alpha value is -3.50. The fourth-order valence-corrected chi connectivity index (χ4v) is 4.07. The first kappa shape index (κ1) is 18.5. The maximum Gasteiger partial charge on any atom is 0.265 e. The molecule has 0 amide bonds. The second-order valence-corrected chi connectivity index (χ2v) is 7.96. The van der Waals surface area contributed by atoms with Crippen LogP contribution < -0.4 is 15.4 Å². The average Bonchev–Trinajstić information content (AvgIpc) is 3.34. The number of aromatic nitrogens is 8. The summed E-state index contributed by atoms with van der Waals surface area (Å²) >= 11 is 0. The Morgan fingerprint density at radius 1 is 1.10 bits per heavy atom. The highest BCUT2D eigenvalue weighted by molar-refractivity contribution is 5.74. The zero-order valence-electron chi connectivity index (χ0n) is 17.5. The van der Waals surface area contributed by atoms with Gasteiger partial charge in [0.2, 0.25) is 5.95 Å². The van der Waals surface area contributed by atoms with Gasteiger partial charge in [-0.1, -0.05) is 0 Å². The Balaban J connectivity index is 1.42. The molecule has 4 aromatic rings.